The number of nitrogens with one attached hydrogen (secondary N) is 1. The Morgan fingerprint density at radius 3 is 2.42 bits per heavy atom. The molecule has 0 aliphatic heterocycles. The molecule has 0 bridgehead atoms. The number of amides is 1. The molecule has 2 aliphatic carbocycles. The molecule has 0 spiro atoms. The van der Waals surface area contributed by atoms with Gasteiger partial charge in [-0.1, -0.05) is 32.9 Å². The molecule has 1 heterocycles. The van der Waals surface area contributed by atoms with E-state index in [1.165, 1.54) is 13.8 Å². The minimum Gasteiger partial charge on any atom is -0.458 e. The molecule has 38 heavy (non-hydrogen) atoms. The molecule has 1 amide bonds. The summed E-state index contributed by atoms with van der Waals surface area (Å²) in [5.41, 5.74) is 3.92. The summed E-state index contributed by atoms with van der Waals surface area (Å²) in [4.78, 5) is 13.6. The highest BCUT2D eigenvalue weighted by molar-refractivity contribution is 6.02. The fourth-order valence-electron chi connectivity index (χ4n) is 5.37. The second-order valence-electron chi connectivity index (χ2n) is 12.5. The second-order valence-corrected chi connectivity index (χ2v) is 12.5. The van der Waals surface area contributed by atoms with E-state index in [0.29, 0.717) is 18.2 Å². The third-order valence-electron chi connectivity index (χ3n) is 7.65. The Balaban J connectivity index is 1.41. The van der Waals surface area contributed by atoms with Crippen LogP contribution in [-0.2, 0) is 22.2 Å². The maximum absolute atomic E-state index is 14.2. The third-order valence-corrected chi connectivity index (χ3v) is 7.65. The summed E-state index contributed by atoms with van der Waals surface area (Å²) in [6.45, 7) is 9.13. The van der Waals surface area contributed by atoms with Gasteiger partial charge in [0, 0.05) is 41.5 Å². The third kappa shape index (κ3) is 5.32. The van der Waals surface area contributed by atoms with Gasteiger partial charge in [0.05, 0.1) is 24.7 Å². The van der Waals surface area contributed by atoms with Crippen molar-refractivity contribution in [2.24, 2.45) is 0 Å². The predicted molar refractivity (Wildman–Crippen MR) is 148 cm³/mol. The Kier molecular flexibility index (Phi) is 6.59. The first-order valence-corrected chi connectivity index (χ1v) is 13.6. The first-order chi connectivity index (χ1) is 17.8. The number of benzene rings is 2. The molecule has 7 heteroatoms. The summed E-state index contributed by atoms with van der Waals surface area (Å²) in [5, 5.41) is 23.6. The Morgan fingerprint density at radius 2 is 1.84 bits per heavy atom. The largest absolute Gasteiger partial charge is 0.458 e. The smallest absolute Gasteiger partial charge is 0.242 e. The summed E-state index contributed by atoms with van der Waals surface area (Å²) in [7, 11) is 0. The van der Waals surface area contributed by atoms with E-state index in [9.17, 15) is 19.4 Å². The number of fused-ring (bicyclic) bond motifs is 1. The van der Waals surface area contributed by atoms with Crippen molar-refractivity contribution in [3.8, 4) is 5.75 Å². The van der Waals surface area contributed by atoms with Gasteiger partial charge in [-0.05, 0) is 73.1 Å². The van der Waals surface area contributed by atoms with Gasteiger partial charge in [0.1, 0.15) is 5.75 Å². The number of alkyl halides is 1. The molecular weight excluding hydrogens is 483 g/mol. The molecule has 0 saturated heterocycles. The van der Waals surface area contributed by atoms with Gasteiger partial charge in [-0.25, -0.2) is 0 Å². The molecule has 2 fully saturated rings. The number of hydrogen-bond acceptors (Lipinski definition) is 4. The molecule has 2 aliphatic rings. The second kappa shape index (κ2) is 9.38. The Bertz CT molecular complexity index is 1360. The van der Waals surface area contributed by atoms with Crippen molar-refractivity contribution >= 4 is 22.5 Å². The van der Waals surface area contributed by atoms with Crippen LogP contribution in [0.15, 0.2) is 42.5 Å². The highest BCUT2D eigenvalue weighted by atomic mass is 19.2. The number of anilines is 1. The van der Waals surface area contributed by atoms with Crippen LogP contribution in [0.2, 0.25) is 0 Å². The van der Waals surface area contributed by atoms with Gasteiger partial charge < -0.3 is 24.8 Å². The number of aromatic nitrogens is 1. The van der Waals surface area contributed by atoms with Gasteiger partial charge in [-0.2, -0.15) is 4.39 Å². The summed E-state index contributed by atoms with van der Waals surface area (Å²) in [6.07, 6.45) is 2.79. The summed E-state index contributed by atoms with van der Waals surface area (Å²) < 4.78 is 21.9. The number of carbonyl (C=O) groups is 1. The molecule has 204 valence electrons. The first kappa shape index (κ1) is 26.7. The molecule has 6 nitrogen and oxygen atoms in total. The van der Waals surface area contributed by atoms with E-state index in [1.54, 1.807) is 0 Å². The zero-order valence-corrected chi connectivity index (χ0v) is 23.0. The molecule has 1 atom stereocenters. The quantitative estimate of drug-likeness (QED) is 0.326. The average Bonchev–Trinajstić information content (AvgIpc) is 3.75. The monoisotopic (exact) mass is 522 g/mol. The molecule has 2 aromatic carbocycles. The van der Waals surface area contributed by atoms with Gasteiger partial charge in [-0.3, -0.25) is 4.79 Å². The van der Waals surface area contributed by atoms with Gasteiger partial charge in [0.15, 0.2) is 0 Å². The Labute approximate surface area is 223 Å². The average molecular weight is 523 g/mol. The molecule has 1 unspecified atom stereocenters. The minimum atomic E-state index is -1.76. The maximum Gasteiger partial charge on any atom is 0.242 e. The van der Waals surface area contributed by atoms with Crippen LogP contribution in [0, 0.1) is 0 Å². The molecule has 3 aromatic rings. The number of hydrogen-bond donors (Lipinski definition) is 3. The number of carbonyl (C=O) groups excluding carboxylic acids is 1. The lowest BCUT2D eigenvalue weighted by Crippen LogP contribution is -2.28. The Morgan fingerprint density at radius 1 is 1.13 bits per heavy atom. The van der Waals surface area contributed by atoms with Crippen LogP contribution in [0.5, 0.6) is 5.75 Å². The number of aliphatic hydroxyl groups excluding tert-OH is 2. The summed E-state index contributed by atoms with van der Waals surface area (Å²) in [5.74, 6) is -0.875. The molecule has 5 rings (SSSR count). The van der Waals surface area contributed by atoms with Crippen LogP contribution < -0.4 is 10.1 Å². The molecule has 3 N–H and O–H groups in total. The van der Waals surface area contributed by atoms with Crippen LogP contribution in [-0.4, -0.2) is 39.3 Å². The number of rotatable bonds is 9. The number of aliphatic hydroxyl groups is 2. The fourth-order valence-corrected chi connectivity index (χ4v) is 5.37. The van der Waals surface area contributed by atoms with E-state index in [0.717, 1.165) is 59.1 Å². The van der Waals surface area contributed by atoms with Crippen LogP contribution in [0.3, 0.4) is 0 Å². The van der Waals surface area contributed by atoms with Crippen LogP contribution in [0.1, 0.15) is 83.0 Å². The summed E-state index contributed by atoms with van der Waals surface area (Å²) >= 11 is 0. The summed E-state index contributed by atoms with van der Waals surface area (Å²) in [6, 6.07) is 13.7. The highest BCUT2D eigenvalue weighted by Crippen LogP contribution is 2.52. The Hall–Kier alpha value is -2.90. The van der Waals surface area contributed by atoms with E-state index < -0.39 is 17.4 Å². The van der Waals surface area contributed by atoms with Crippen LogP contribution in [0.4, 0.5) is 10.1 Å². The van der Waals surface area contributed by atoms with E-state index in [1.807, 2.05) is 34.9 Å². The molecular formula is C31H39FN2O4. The van der Waals surface area contributed by atoms with Crippen molar-refractivity contribution in [1.82, 2.24) is 4.57 Å². The lowest BCUT2D eigenvalue weighted by atomic mass is 9.91. The van der Waals surface area contributed by atoms with Gasteiger partial charge in [-0.15, -0.1) is 0 Å². The zero-order chi connectivity index (χ0) is 27.5. The van der Waals surface area contributed by atoms with Crippen LogP contribution >= 0.6 is 0 Å². The number of nitrogens with zero attached hydrogens (tertiary/aromatic N) is 1. The van der Waals surface area contributed by atoms with Crippen LogP contribution in [0.25, 0.3) is 10.9 Å². The normalized spacial score (nSPS) is 17.9. The van der Waals surface area contributed by atoms with E-state index in [4.69, 9.17) is 4.74 Å². The van der Waals surface area contributed by atoms with E-state index in [-0.39, 0.29) is 17.9 Å². The van der Waals surface area contributed by atoms with E-state index >= 15 is 0 Å². The molecule has 1 aromatic heterocycles. The number of halogens is 1. The van der Waals surface area contributed by atoms with Gasteiger partial charge >= 0.3 is 0 Å². The highest BCUT2D eigenvalue weighted by Gasteiger charge is 2.51. The number of ether oxygens (including phenoxy) is 1. The van der Waals surface area contributed by atoms with Crippen molar-refractivity contribution in [1.29, 1.82) is 0 Å². The van der Waals surface area contributed by atoms with Crippen molar-refractivity contribution in [2.45, 2.75) is 95.6 Å². The lowest BCUT2D eigenvalue weighted by molar-refractivity contribution is -0.118. The van der Waals surface area contributed by atoms with Crippen molar-refractivity contribution in [3.63, 3.8) is 0 Å². The topological polar surface area (TPSA) is 83.7 Å². The van der Waals surface area contributed by atoms with Crippen molar-refractivity contribution in [2.75, 3.05) is 11.9 Å². The van der Waals surface area contributed by atoms with Crippen molar-refractivity contribution < 1.29 is 24.1 Å². The molecule has 0 radical (unpaired) electrons. The van der Waals surface area contributed by atoms with Gasteiger partial charge in [0.2, 0.25) is 11.8 Å². The fraction of sp³-hybridized carbons (Fsp3) is 0.516. The standard InChI is InChI=1S/C31H39FN2O4/c1-29(2,3)27-15-20-14-22(9-10-25(20)34(27)17-23(36)18-35)33-28(37)31(12-13-31)21-8-11-26(38-30(4,5)32)24(16-21)19-6-7-19/h8-11,14-16,19,23,35-36H,6-7,12-13,17-18H2,1-5H3,(H,33,37). The SMILES string of the molecule is CC(C)(F)Oc1ccc(C2(C(=O)Nc3ccc4c(c3)cc(C(C)(C)C)n4CC(O)CO)CC2)cc1C1CC1. The first-order valence-electron chi connectivity index (χ1n) is 13.6. The lowest BCUT2D eigenvalue weighted by Gasteiger charge is -2.23. The van der Waals surface area contributed by atoms with Crippen molar-refractivity contribution in [3.05, 3.63) is 59.3 Å². The molecule has 2 saturated carbocycles. The maximum atomic E-state index is 14.2. The zero-order valence-electron chi connectivity index (χ0n) is 23.0. The van der Waals surface area contributed by atoms with Gasteiger partial charge in [0.25, 0.3) is 0 Å². The van der Waals surface area contributed by atoms with E-state index in [2.05, 4.69) is 38.2 Å². The predicted octanol–water partition coefficient (Wildman–Crippen LogP) is 5.92. The minimum absolute atomic E-state index is 0.0377.